The molecular formula is C18H18F3N5. The lowest BCUT2D eigenvalue weighted by Crippen LogP contribution is -2.10. The molecule has 0 atom stereocenters. The molecule has 3 aromatic rings. The number of rotatable bonds is 4. The molecule has 136 valence electrons. The third-order valence-electron chi connectivity index (χ3n) is 3.90. The molecule has 0 aliphatic rings. The number of imidazole rings is 1. The number of halogens is 3. The van der Waals surface area contributed by atoms with Crippen molar-refractivity contribution in [2.45, 2.75) is 32.5 Å². The summed E-state index contributed by atoms with van der Waals surface area (Å²) in [6.45, 7) is 4.43. The van der Waals surface area contributed by atoms with Crippen LogP contribution in [0.5, 0.6) is 0 Å². The summed E-state index contributed by atoms with van der Waals surface area (Å²) in [5.74, 6) is 0.311. The Morgan fingerprint density at radius 3 is 2.58 bits per heavy atom. The molecule has 0 saturated carbocycles. The molecule has 0 saturated heterocycles. The summed E-state index contributed by atoms with van der Waals surface area (Å²) >= 11 is 0. The van der Waals surface area contributed by atoms with Gasteiger partial charge in [-0.3, -0.25) is 4.98 Å². The zero-order valence-corrected chi connectivity index (χ0v) is 14.3. The highest BCUT2D eigenvalue weighted by Gasteiger charge is 2.34. The standard InChI is InChI=1S/C18H18F3N5/c1-11(2)17-25-15(10-26(17)9-13-5-3-4-6-23-13)12-7-14(18(19,20)21)16(22)24-8-12/h3-8,10-11H,9H2,1-2H3,(H2,22,24). The number of hydrogen-bond acceptors (Lipinski definition) is 4. The third kappa shape index (κ3) is 3.68. The fourth-order valence-electron chi connectivity index (χ4n) is 2.67. The first kappa shape index (κ1) is 17.9. The topological polar surface area (TPSA) is 69.6 Å². The molecular weight excluding hydrogens is 343 g/mol. The van der Waals surface area contributed by atoms with E-state index in [1.807, 2.05) is 36.6 Å². The molecule has 0 amide bonds. The van der Waals surface area contributed by atoms with Crippen molar-refractivity contribution in [2.24, 2.45) is 0 Å². The maximum Gasteiger partial charge on any atom is 0.419 e. The molecule has 0 radical (unpaired) electrons. The Morgan fingerprint density at radius 2 is 1.96 bits per heavy atom. The van der Waals surface area contributed by atoms with Crippen molar-refractivity contribution in [2.75, 3.05) is 5.73 Å². The molecule has 0 unspecified atom stereocenters. The van der Waals surface area contributed by atoms with E-state index in [-0.39, 0.29) is 11.5 Å². The van der Waals surface area contributed by atoms with Gasteiger partial charge in [-0.1, -0.05) is 19.9 Å². The van der Waals surface area contributed by atoms with Gasteiger partial charge in [-0.05, 0) is 18.2 Å². The van der Waals surface area contributed by atoms with Crippen LogP contribution in [0.25, 0.3) is 11.3 Å². The van der Waals surface area contributed by atoms with Crippen LogP contribution in [0.3, 0.4) is 0 Å². The van der Waals surface area contributed by atoms with E-state index in [2.05, 4.69) is 15.0 Å². The van der Waals surface area contributed by atoms with Gasteiger partial charge in [-0.2, -0.15) is 13.2 Å². The minimum atomic E-state index is -4.56. The Morgan fingerprint density at radius 1 is 1.19 bits per heavy atom. The van der Waals surface area contributed by atoms with Crippen LogP contribution in [0.15, 0.2) is 42.9 Å². The molecule has 0 bridgehead atoms. The van der Waals surface area contributed by atoms with Gasteiger partial charge >= 0.3 is 6.18 Å². The Labute approximate surface area is 148 Å². The fourth-order valence-corrected chi connectivity index (χ4v) is 2.67. The van der Waals surface area contributed by atoms with Crippen LogP contribution in [0.4, 0.5) is 19.0 Å². The van der Waals surface area contributed by atoms with E-state index in [4.69, 9.17) is 5.73 Å². The normalized spacial score (nSPS) is 11.9. The summed E-state index contributed by atoms with van der Waals surface area (Å²) in [7, 11) is 0. The number of nitrogen functional groups attached to an aromatic ring is 1. The lowest BCUT2D eigenvalue weighted by molar-refractivity contribution is -0.137. The quantitative estimate of drug-likeness (QED) is 0.759. The van der Waals surface area contributed by atoms with Crippen LogP contribution in [0.1, 0.15) is 36.8 Å². The SMILES string of the molecule is CC(C)c1nc(-c2cnc(N)c(C(F)(F)F)c2)cn1Cc1ccccn1. The van der Waals surface area contributed by atoms with Gasteiger partial charge in [0, 0.05) is 30.1 Å². The van der Waals surface area contributed by atoms with E-state index in [1.54, 1.807) is 12.4 Å². The first-order valence-corrected chi connectivity index (χ1v) is 8.05. The summed E-state index contributed by atoms with van der Waals surface area (Å²) in [6.07, 6.45) is 0.158. The van der Waals surface area contributed by atoms with E-state index in [0.29, 0.717) is 12.2 Å². The average Bonchev–Trinajstić information content (AvgIpc) is 2.99. The number of anilines is 1. The second kappa shape index (κ2) is 6.78. The van der Waals surface area contributed by atoms with Gasteiger partial charge in [0.1, 0.15) is 11.6 Å². The number of hydrogen-bond donors (Lipinski definition) is 1. The monoisotopic (exact) mass is 361 g/mol. The molecule has 0 aliphatic carbocycles. The fraction of sp³-hybridized carbons (Fsp3) is 0.278. The van der Waals surface area contributed by atoms with Crippen molar-refractivity contribution in [3.63, 3.8) is 0 Å². The lowest BCUT2D eigenvalue weighted by atomic mass is 10.1. The Balaban J connectivity index is 2.03. The summed E-state index contributed by atoms with van der Waals surface area (Å²) in [4.78, 5) is 12.5. The molecule has 3 heterocycles. The molecule has 0 aliphatic heterocycles. The highest BCUT2D eigenvalue weighted by molar-refractivity contribution is 5.62. The molecule has 26 heavy (non-hydrogen) atoms. The Bertz CT molecular complexity index is 901. The summed E-state index contributed by atoms with van der Waals surface area (Å²) in [6, 6.07) is 6.58. The predicted molar refractivity (Wildman–Crippen MR) is 92.3 cm³/mol. The summed E-state index contributed by atoms with van der Waals surface area (Å²) in [5, 5.41) is 0. The van der Waals surface area contributed by atoms with E-state index in [9.17, 15) is 13.2 Å². The van der Waals surface area contributed by atoms with Crippen molar-refractivity contribution in [1.29, 1.82) is 0 Å². The average molecular weight is 361 g/mol. The number of alkyl halides is 3. The van der Waals surface area contributed by atoms with Crippen LogP contribution in [0, 0.1) is 0 Å². The minimum absolute atomic E-state index is 0.0938. The maximum absolute atomic E-state index is 13.1. The van der Waals surface area contributed by atoms with Crippen molar-refractivity contribution >= 4 is 5.82 Å². The second-order valence-corrected chi connectivity index (χ2v) is 6.24. The van der Waals surface area contributed by atoms with Crippen molar-refractivity contribution in [3.8, 4) is 11.3 Å². The number of pyridine rings is 2. The van der Waals surface area contributed by atoms with E-state index in [1.165, 1.54) is 6.20 Å². The maximum atomic E-state index is 13.1. The number of aromatic nitrogens is 4. The number of nitrogens with zero attached hydrogens (tertiary/aromatic N) is 4. The van der Waals surface area contributed by atoms with Gasteiger partial charge < -0.3 is 10.3 Å². The van der Waals surface area contributed by atoms with Crippen molar-refractivity contribution in [3.05, 3.63) is 59.9 Å². The molecule has 3 rings (SSSR count). The van der Waals surface area contributed by atoms with Gasteiger partial charge in [0.15, 0.2) is 0 Å². The van der Waals surface area contributed by atoms with Gasteiger partial charge in [-0.25, -0.2) is 9.97 Å². The Kier molecular flexibility index (Phi) is 4.67. The second-order valence-electron chi connectivity index (χ2n) is 6.24. The smallest absolute Gasteiger partial charge is 0.383 e. The van der Waals surface area contributed by atoms with E-state index in [0.717, 1.165) is 17.6 Å². The molecule has 3 aromatic heterocycles. The summed E-state index contributed by atoms with van der Waals surface area (Å²) < 4.78 is 41.2. The molecule has 0 fully saturated rings. The van der Waals surface area contributed by atoms with Crippen LogP contribution in [-0.2, 0) is 12.7 Å². The first-order valence-electron chi connectivity index (χ1n) is 8.05. The van der Waals surface area contributed by atoms with Crippen LogP contribution in [-0.4, -0.2) is 19.5 Å². The largest absolute Gasteiger partial charge is 0.419 e. The molecule has 2 N–H and O–H groups in total. The van der Waals surface area contributed by atoms with Crippen molar-refractivity contribution < 1.29 is 13.2 Å². The van der Waals surface area contributed by atoms with Gasteiger partial charge in [0.25, 0.3) is 0 Å². The number of nitrogens with two attached hydrogens (primary N) is 1. The van der Waals surface area contributed by atoms with Crippen LogP contribution >= 0.6 is 0 Å². The summed E-state index contributed by atoms with van der Waals surface area (Å²) in [5.41, 5.74) is 5.94. The molecule has 0 aromatic carbocycles. The highest BCUT2D eigenvalue weighted by Crippen LogP contribution is 2.35. The predicted octanol–water partition coefficient (Wildman–Crippen LogP) is 4.11. The highest BCUT2D eigenvalue weighted by atomic mass is 19.4. The molecule has 5 nitrogen and oxygen atoms in total. The van der Waals surface area contributed by atoms with E-state index < -0.39 is 17.6 Å². The third-order valence-corrected chi connectivity index (χ3v) is 3.90. The van der Waals surface area contributed by atoms with Gasteiger partial charge in [-0.15, -0.1) is 0 Å². The molecule has 8 heteroatoms. The van der Waals surface area contributed by atoms with E-state index >= 15 is 0 Å². The lowest BCUT2D eigenvalue weighted by Gasteiger charge is -2.09. The van der Waals surface area contributed by atoms with Gasteiger partial charge in [0.2, 0.25) is 0 Å². The Hall–Kier alpha value is -2.90. The first-order chi connectivity index (χ1) is 12.3. The zero-order chi connectivity index (χ0) is 18.9. The van der Waals surface area contributed by atoms with Gasteiger partial charge in [0.05, 0.1) is 23.5 Å². The van der Waals surface area contributed by atoms with Crippen molar-refractivity contribution in [1.82, 2.24) is 19.5 Å². The molecule has 0 spiro atoms. The van der Waals surface area contributed by atoms with Crippen LogP contribution < -0.4 is 5.73 Å². The van der Waals surface area contributed by atoms with Crippen LogP contribution in [0.2, 0.25) is 0 Å². The minimum Gasteiger partial charge on any atom is -0.383 e. The zero-order valence-electron chi connectivity index (χ0n) is 14.3.